The number of hydrogen-bond acceptors (Lipinski definition) is 4. The fraction of sp³-hybridized carbons (Fsp3) is 0.458. The second-order valence-electron chi connectivity index (χ2n) is 7.62. The molecule has 0 saturated carbocycles. The largest absolute Gasteiger partial charge is 0.493 e. The summed E-state index contributed by atoms with van der Waals surface area (Å²) in [4.78, 5) is 6.87. The molecular formula is C24H34N4O2. The molecule has 3 rings (SSSR count). The summed E-state index contributed by atoms with van der Waals surface area (Å²) in [5.74, 6) is 2.22. The van der Waals surface area contributed by atoms with Crippen LogP contribution >= 0.6 is 0 Å². The van der Waals surface area contributed by atoms with Gasteiger partial charge in [0.05, 0.1) is 14.2 Å². The molecule has 0 atom stereocenters. The summed E-state index contributed by atoms with van der Waals surface area (Å²) < 4.78 is 10.7. The Bertz CT molecular complexity index is 814. The molecule has 1 heterocycles. The topological polar surface area (TPSA) is 58.1 Å². The van der Waals surface area contributed by atoms with Crippen LogP contribution in [0.2, 0.25) is 0 Å². The quantitative estimate of drug-likeness (QED) is 0.515. The summed E-state index contributed by atoms with van der Waals surface area (Å²) in [6.07, 6.45) is 4.04. The Morgan fingerprint density at radius 2 is 1.43 bits per heavy atom. The predicted octanol–water partition coefficient (Wildman–Crippen LogP) is 3.55. The number of aliphatic imine (C=N–C) groups is 1. The fourth-order valence-corrected chi connectivity index (χ4v) is 3.72. The van der Waals surface area contributed by atoms with E-state index in [9.17, 15) is 0 Å². The van der Waals surface area contributed by atoms with Crippen molar-refractivity contribution in [2.45, 2.75) is 38.9 Å². The van der Waals surface area contributed by atoms with Crippen molar-refractivity contribution in [1.29, 1.82) is 0 Å². The Hall–Kier alpha value is -2.73. The van der Waals surface area contributed by atoms with Crippen LogP contribution in [0.15, 0.2) is 47.5 Å². The van der Waals surface area contributed by atoms with Crippen molar-refractivity contribution in [2.24, 2.45) is 4.99 Å². The van der Waals surface area contributed by atoms with Crippen molar-refractivity contribution in [2.75, 3.05) is 34.4 Å². The number of hydrogen-bond donors (Lipinski definition) is 2. The van der Waals surface area contributed by atoms with Gasteiger partial charge in [-0.2, -0.15) is 0 Å². The monoisotopic (exact) mass is 410 g/mol. The summed E-state index contributed by atoms with van der Waals surface area (Å²) in [5.41, 5.74) is 3.72. The van der Waals surface area contributed by atoms with Gasteiger partial charge < -0.3 is 20.1 Å². The third kappa shape index (κ3) is 6.39. The third-order valence-corrected chi connectivity index (χ3v) is 5.47. The minimum atomic E-state index is 0.648. The van der Waals surface area contributed by atoms with Crippen LogP contribution in [-0.2, 0) is 19.6 Å². The molecule has 1 aliphatic heterocycles. The van der Waals surface area contributed by atoms with Crippen LogP contribution in [0.3, 0.4) is 0 Å². The van der Waals surface area contributed by atoms with Crippen molar-refractivity contribution in [3.63, 3.8) is 0 Å². The number of guanidine groups is 1. The van der Waals surface area contributed by atoms with E-state index in [-0.39, 0.29) is 0 Å². The number of piperidine rings is 1. The molecule has 0 unspecified atom stereocenters. The minimum Gasteiger partial charge on any atom is -0.493 e. The zero-order valence-corrected chi connectivity index (χ0v) is 18.4. The standard InChI is InChI=1S/C24H34N4O2/c1-25-24(27-17-21-11-12-22(29-2)23(15-21)30-3)26-16-19-7-9-20(10-8-19)18-28-13-5-4-6-14-28/h7-12,15H,4-6,13-14,16-18H2,1-3H3,(H2,25,26,27). The number of nitrogens with zero attached hydrogens (tertiary/aromatic N) is 2. The van der Waals surface area contributed by atoms with Gasteiger partial charge in [0, 0.05) is 26.7 Å². The van der Waals surface area contributed by atoms with Crippen molar-refractivity contribution in [3.8, 4) is 11.5 Å². The smallest absolute Gasteiger partial charge is 0.191 e. The van der Waals surface area contributed by atoms with Gasteiger partial charge in [0.2, 0.25) is 0 Å². The summed E-state index contributed by atoms with van der Waals surface area (Å²) in [5, 5.41) is 6.73. The highest BCUT2D eigenvalue weighted by molar-refractivity contribution is 5.79. The van der Waals surface area contributed by atoms with E-state index in [1.54, 1.807) is 21.3 Å². The Labute approximate surface area is 180 Å². The minimum absolute atomic E-state index is 0.648. The molecule has 0 bridgehead atoms. The first-order valence-electron chi connectivity index (χ1n) is 10.7. The Kier molecular flexibility index (Phi) is 8.39. The number of methoxy groups -OCH3 is 2. The van der Waals surface area contributed by atoms with E-state index in [1.807, 2.05) is 18.2 Å². The molecule has 6 heteroatoms. The van der Waals surface area contributed by atoms with E-state index >= 15 is 0 Å². The van der Waals surface area contributed by atoms with Crippen molar-refractivity contribution in [3.05, 3.63) is 59.2 Å². The zero-order valence-electron chi connectivity index (χ0n) is 18.4. The Morgan fingerprint density at radius 3 is 2.07 bits per heavy atom. The normalized spacial score (nSPS) is 15.0. The van der Waals surface area contributed by atoms with E-state index in [4.69, 9.17) is 9.47 Å². The predicted molar refractivity (Wildman–Crippen MR) is 122 cm³/mol. The molecule has 1 saturated heterocycles. The molecule has 0 aromatic heterocycles. The van der Waals surface area contributed by atoms with E-state index in [0.29, 0.717) is 6.54 Å². The van der Waals surface area contributed by atoms with E-state index < -0.39 is 0 Å². The summed E-state index contributed by atoms with van der Waals surface area (Å²) in [6.45, 7) is 4.89. The van der Waals surface area contributed by atoms with Crippen molar-refractivity contribution >= 4 is 5.96 Å². The highest BCUT2D eigenvalue weighted by atomic mass is 16.5. The first-order chi connectivity index (χ1) is 14.7. The Morgan fingerprint density at radius 1 is 0.833 bits per heavy atom. The van der Waals surface area contributed by atoms with E-state index in [2.05, 4.69) is 44.8 Å². The molecule has 1 fully saturated rings. The molecule has 2 aromatic rings. The van der Waals surface area contributed by atoms with Crippen LogP contribution in [0.5, 0.6) is 11.5 Å². The first kappa shape index (κ1) is 22.0. The maximum Gasteiger partial charge on any atom is 0.191 e. The average molecular weight is 411 g/mol. The molecule has 30 heavy (non-hydrogen) atoms. The molecule has 0 amide bonds. The number of rotatable bonds is 8. The summed E-state index contributed by atoms with van der Waals surface area (Å²) >= 11 is 0. The molecule has 162 valence electrons. The third-order valence-electron chi connectivity index (χ3n) is 5.47. The second-order valence-corrected chi connectivity index (χ2v) is 7.62. The lowest BCUT2D eigenvalue weighted by Crippen LogP contribution is -2.36. The molecule has 1 aliphatic rings. The van der Waals surface area contributed by atoms with Gasteiger partial charge in [0.15, 0.2) is 17.5 Å². The maximum atomic E-state index is 5.37. The molecule has 0 spiro atoms. The van der Waals surface area contributed by atoms with Crippen LogP contribution in [0.25, 0.3) is 0 Å². The van der Waals surface area contributed by atoms with Gasteiger partial charge in [0.25, 0.3) is 0 Å². The van der Waals surface area contributed by atoms with Gasteiger partial charge in [-0.1, -0.05) is 36.8 Å². The molecule has 6 nitrogen and oxygen atoms in total. The SMILES string of the molecule is CN=C(NCc1ccc(CN2CCCCC2)cc1)NCc1ccc(OC)c(OC)c1. The van der Waals surface area contributed by atoms with Gasteiger partial charge in [-0.05, 0) is 54.8 Å². The highest BCUT2D eigenvalue weighted by Gasteiger charge is 2.10. The molecular weight excluding hydrogens is 376 g/mol. The molecule has 0 aliphatic carbocycles. The van der Waals surface area contributed by atoms with E-state index in [0.717, 1.165) is 36.1 Å². The zero-order chi connectivity index (χ0) is 21.2. The number of ether oxygens (including phenoxy) is 2. The summed E-state index contributed by atoms with van der Waals surface area (Å²) in [7, 11) is 5.07. The average Bonchev–Trinajstić information content (AvgIpc) is 2.80. The van der Waals surface area contributed by atoms with Gasteiger partial charge in [-0.3, -0.25) is 9.89 Å². The van der Waals surface area contributed by atoms with Gasteiger partial charge >= 0.3 is 0 Å². The first-order valence-corrected chi connectivity index (χ1v) is 10.7. The van der Waals surface area contributed by atoms with Gasteiger partial charge in [0.1, 0.15) is 0 Å². The van der Waals surface area contributed by atoms with Crippen LogP contribution in [0, 0.1) is 0 Å². The summed E-state index contributed by atoms with van der Waals surface area (Å²) in [6, 6.07) is 14.8. The lowest BCUT2D eigenvalue weighted by Gasteiger charge is -2.26. The second kappa shape index (κ2) is 11.5. The lowest BCUT2D eigenvalue weighted by molar-refractivity contribution is 0.221. The van der Waals surface area contributed by atoms with Crippen LogP contribution in [0.4, 0.5) is 0 Å². The number of nitrogens with one attached hydrogen (secondary N) is 2. The Balaban J connectivity index is 1.47. The number of benzene rings is 2. The van der Waals surface area contributed by atoms with E-state index in [1.165, 1.54) is 43.5 Å². The van der Waals surface area contributed by atoms with Gasteiger partial charge in [-0.15, -0.1) is 0 Å². The van der Waals surface area contributed by atoms with Crippen LogP contribution < -0.4 is 20.1 Å². The van der Waals surface area contributed by atoms with Crippen LogP contribution in [0.1, 0.15) is 36.0 Å². The van der Waals surface area contributed by atoms with Crippen molar-refractivity contribution < 1.29 is 9.47 Å². The fourth-order valence-electron chi connectivity index (χ4n) is 3.72. The molecule has 2 N–H and O–H groups in total. The van der Waals surface area contributed by atoms with Gasteiger partial charge in [-0.25, -0.2) is 0 Å². The lowest BCUT2D eigenvalue weighted by atomic mass is 10.1. The molecule has 0 radical (unpaired) electrons. The molecule has 2 aromatic carbocycles. The van der Waals surface area contributed by atoms with Crippen LogP contribution in [-0.4, -0.2) is 45.2 Å². The van der Waals surface area contributed by atoms with Crippen molar-refractivity contribution in [1.82, 2.24) is 15.5 Å². The maximum absolute atomic E-state index is 5.37. The highest BCUT2D eigenvalue weighted by Crippen LogP contribution is 2.27. The number of likely N-dealkylation sites (tertiary alicyclic amines) is 1.